The van der Waals surface area contributed by atoms with Crippen LogP contribution in [0.5, 0.6) is 0 Å². The van der Waals surface area contributed by atoms with E-state index in [4.69, 9.17) is 6.57 Å². The molecule has 1 heteroatoms. The topological polar surface area (TPSA) is 4.36 Å². The highest BCUT2D eigenvalue weighted by molar-refractivity contribution is 5.27. The maximum atomic E-state index is 7.13. The van der Waals surface area contributed by atoms with Crippen LogP contribution < -0.4 is 0 Å². The van der Waals surface area contributed by atoms with Gasteiger partial charge in [-0.05, 0) is 0 Å². The van der Waals surface area contributed by atoms with Crippen LogP contribution in [-0.2, 0) is 0 Å². The predicted molar refractivity (Wildman–Crippen MR) is 47.1 cm³/mol. The molecule has 0 unspecified atom stereocenters. The Bertz CT molecular complexity index is 216. The van der Waals surface area contributed by atoms with E-state index in [1.54, 1.807) is 0 Å². The van der Waals surface area contributed by atoms with Crippen molar-refractivity contribution in [3.63, 3.8) is 0 Å². The minimum atomic E-state index is -0.130. The summed E-state index contributed by atoms with van der Waals surface area (Å²) in [4.78, 5) is 3.73. The first-order chi connectivity index (χ1) is 4.98. The lowest BCUT2D eigenvalue weighted by atomic mass is 9.83. The van der Waals surface area contributed by atoms with Gasteiger partial charge in [0.25, 0.3) is 0 Å². The highest BCUT2D eigenvalue weighted by Gasteiger charge is 2.67. The number of hydrogen-bond donors (Lipinski definition) is 0. The average Bonchev–Trinajstić information content (AvgIpc) is 2.60. The van der Waals surface area contributed by atoms with E-state index in [-0.39, 0.29) is 11.0 Å². The molecule has 0 radical (unpaired) electrons. The Morgan fingerprint density at radius 3 is 2.27 bits per heavy atom. The zero-order valence-corrected chi connectivity index (χ0v) is 7.52. The van der Waals surface area contributed by atoms with Gasteiger partial charge in [0.15, 0.2) is 0 Å². The SMILES string of the molecule is [C-]#[N+][C@]1(C(C)(C)C)C[C@@H]1C=C. The molecule has 60 valence electrons. The van der Waals surface area contributed by atoms with E-state index >= 15 is 0 Å². The molecule has 0 aliphatic heterocycles. The van der Waals surface area contributed by atoms with Crippen LogP contribution in [0, 0.1) is 17.9 Å². The molecule has 0 amide bonds. The van der Waals surface area contributed by atoms with Gasteiger partial charge in [-0.3, -0.25) is 0 Å². The first-order valence-electron chi connectivity index (χ1n) is 3.99. The fraction of sp³-hybridized carbons (Fsp3) is 0.700. The van der Waals surface area contributed by atoms with Gasteiger partial charge in [0, 0.05) is 11.8 Å². The smallest absolute Gasteiger partial charge is 0.244 e. The largest absolute Gasteiger partial charge is 0.309 e. The predicted octanol–water partition coefficient (Wildman–Crippen LogP) is 2.90. The summed E-state index contributed by atoms with van der Waals surface area (Å²) in [5.74, 6) is 0.431. The second kappa shape index (κ2) is 2.11. The van der Waals surface area contributed by atoms with Crippen LogP contribution in [-0.4, -0.2) is 5.54 Å². The highest BCUT2D eigenvalue weighted by Crippen LogP contribution is 2.58. The van der Waals surface area contributed by atoms with Crippen molar-refractivity contribution in [2.24, 2.45) is 11.3 Å². The third-order valence-corrected chi connectivity index (χ3v) is 2.77. The molecule has 1 saturated carbocycles. The van der Waals surface area contributed by atoms with Crippen molar-refractivity contribution in [3.05, 3.63) is 24.1 Å². The second-order valence-electron chi connectivity index (χ2n) is 4.33. The van der Waals surface area contributed by atoms with Gasteiger partial charge >= 0.3 is 0 Å². The Hall–Kier alpha value is -0.770. The molecule has 1 aliphatic rings. The summed E-state index contributed by atoms with van der Waals surface area (Å²) in [6.07, 6.45) is 2.92. The lowest BCUT2D eigenvalue weighted by Crippen LogP contribution is -2.26. The van der Waals surface area contributed by atoms with Crippen molar-refractivity contribution in [2.75, 3.05) is 0 Å². The summed E-state index contributed by atoms with van der Waals surface area (Å²) in [6, 6.07) is 0. The fourth-order valence-corrected chi connectivity index (χ4v) is 1.71. The van der Waals surface area contributed by atoms with Gasteiger partial charge < -0.3 is 4.85 Å². The third-order valence-electron chi connectivity index (χ3n) is 2.77. The highest BCUT2D eigenvalue weighted by atomic mass is 14.9. The van der Waals surface area contributed by atoms with Crippen LogP contribution in [0.2, 0.25) is 0 Å². The third kappa shape index (κ3) is 0.976. The van der Waals surface area contributed by atoms with Crippen LogP contribution in [0.4, 0.5) is 0 Å². The lowest BCUT2D eigenvalue weighted by molar-refractivity contribution is 0.329. The van der Waals surface area contributed by atoms with Gasteiger partial charge in [-0.15, -0.1) is 6.58 Å². The Morgan fingerprint density at radius 2 is 2.18 bits per heavy atom. The zero-order valence-electron chi connectivity index (χ0n) is 7.52. The monoisotopic (exact) mass is 149 g/mol. The van der Waals surface area contributed by atoms with Gasteiger partial charge in [-0.2, -0.15) is 0 Å². The summed E-state index contributed by atoms with van der Waals surface area (Å²) in [7, 11) is 0. The first-order valence-corrected chi connectivity index (χ1v) is 3.99. The minimum absolute atomic E-state index is 0.105. The van der Waals surface area contributed by atoms with E-state index in [1.807, 2.05) is 6.08 Å². The maximum absolute atomic E-state index is 7.13. The molecule has 1 fully saturated rings. The quantitative estimate of drug-likeness (QED) is 0.399. The summed E-state index contributed by atoms with van der Waals surface area (Å²) >= 11 is 0. The molecule has 0 aromatic rings. The molecule has 0 bridgehead atoms. The maximum Gasteiger partial charge on any atom is 0.244 e. The van der Waals surface area contributed by atoms with E-state index < -0.39 is 0 Å². The summed E-state index contributed by atoms with van der Waals surface area (Å²) in [6.45, 7) is 17.3. The van der Waals surface area contributed by atoms with Crippen LogP contribution in [0.25, 0.3) is 4.85 Å². The molecule has 0 heterocycles. The summed E-state index contributed by atoms with van der Waals surface area (Å²) in [5, 5.41) is 0. The van der Waals surface area contributed by atoms with Crippen molar-refractivity contribution in [2.45, 2.75) is 32.7 Å². The molecule has 11 heavy (non-hydrogen) atoms. The Kier molecular flexibility index (Phi) is 1.59. The lowest BCUT2D eigenvalue weighted by Gasteiger charge is -2.20. The molecule has 0 aromatic heterocycles. The molecule has 0 spiro atoms. The number of nitrogens with zero attached hydrogens (tertiary/aromatic N) is 1. The van der Waals surface area contributed by atoms with Crippen molar-refractivity contribution < 1.29 is 0 Å². The van der Waals surface area contributed by atoms with Crippen molar-refractivity contribution in [1.82, 2.24) is 0 Å². The molecule has 2 atom stereocenters. The van der Waals surface area contributed by atoms with Gasteiger partial charge in [0.1, 0.15) is 0 Å². The van der Waals surface area contributed by atoms with Gasteiger partial charge in [0.2, 0.25) is 5.54 Å². The molecule has 1 nitrogen and oxygen atoms in total. The van der Waals surface area contributed by atoms with Crippen LogP contribution >= 0.6 is 0 Å². The van der Waals surface area contributed by atoms with Crippen molar-refractivity contribution >= 4 is 0 Å². The van der Waals surface area contributed by atoms with Gasteiger partial charge in [0.05, 0.1) is 5.92 Å². The van der Waals surface area contributed by atoms with E-state index in [0.29, 0.717) is 5.92 Å². The first kappa shape index (κ1) is 8.33. The molecule has 0 saturated heterocycles. The van der Waals surface area contributed by atoms with Crippen molar-refractivity contribution in [1.29, 1.82) is 0 Å². The standard InChI is InChI=1S/C10H15N/c1-6-8-7-10(8,11-5)9(2,3)4/h6,8H,1,7H2,2-4H3/t8-,10+/m0/s1. The Labute approximate surface area is 68.9 Å². The number of hydrogen-bond acceptors (Lipinski definition) is 0. The van der Waals surface area contributed by atoms with Crippen LogP contribution in [0.1, 0.15) is 27.2 Å². The second-order valence-corrected chi connectivity index (χ2v) is 4.33. The molecule has 1 rings (SSSR count). The van der Waals surface area contributed by atoms with E-state index in [0.717, 1.165) is 6.42 Å². The van der Waals surface area contributed by atoms with Crippen molar-refractivity contribution in [3.8, 4) is 0 Å². The average molecular weight is 149 g/mol. The fourth-order valence-electron chi connectivity index (χ4n) is 1.71. The molecular formula is C10H15N. The van der Waals surface area contributed by atoms with Gasteiger partial charge in [-0.1, -0.05) is 26.8 Å². The summed E-state index contributed by atoms with van der Waals surface area (Å²) in [5.41, 5.74) is -0.0254. The summed E-state index contributed by atoms with van der Waals surface area (Å²) < 4.78 is 0. The van der Waals surface area contributed by atoms with Gasteiger partial charge in [-0.25, -0.2) is 6.57 Å². The zero-order chi connectivity index (χ0) is 8.70. The van der Waals surface area contributed by atoms with Crippen LogP contribution in [0.15, 0.2) is 12.7 Å². The van der Waals surface area contributed by atoms with E-state index in [2.05, 4.69) is 32.2 Å². The molecule has 0 aromatic carbocycles. The van der Waals surface area contributed by atoms with E-state index in [9.17, 15) is 0 Å². The normalized spacial score (nSPS) is 36.0. The minimum Gasteiger partial charge on any atom is -0.309 e. The Balaban J connectivity index is 2.85. The number of rotatable bonds is 1. The molecule has 1 aliphatic carbocycles. The van der Waals surface area contributed by atoms with Crippen LogP contribution in [0.3, 0.4) is 0 Å². The molecule has 0 N–H and O–H groups in total. The Morgan fingerprint density at radius 1 is 1.64 bits per heavy atom. The van der Waals surface area contributed by atoms with E-state index in [1.165, 1.54) is 0 Å². The molecular weight excluding hydrogens is 134 g/mol.